The molecule has 0 aromatic heterocycles. The van der Waals surface area contributed by atoms with E-state index in [-0.39, 0.29) is 22.8 Å². The van der Waals surface area contributed by atoms with Gasteiger partial charge in [-0.15, -0.1) is 0 Å². The van der Waals surface area contributed by atoms with Crippen LogP contribution in [-0.2, 0) is 19.6 Å². The minimum atomic E-state index is -4.01. The lowest BCUT2D eigenvalue weighted by atomic mass is 10.2. The van der Waals surface area contributed by atoms with Gasteiger partial charge in [0.05, 0.1) is 23.6 Å². The summed E-state index contributed by atoms with van der Waals surface area (Å²) in [7, 11) is -4.01. The zero-order chi connectivity index (χ0) is 20.0. The number of sulfonamides is 1. The summed E-state index contributed by atoms with van der Waals surface area (Å²) in [6.45, 7) is 1.21. The lowest BCUT2D eigenvalue weighted by molar-refractivity contribution is -0.115. The second-order valence-electron chi connectivity index (χ2n) is 5.25. The van der Waals surface area contributed by atoms with Crippen molar-refractivity contribution < 1.29 is 31.5 Å². The van der Waals surface area contributed by atoms with E-state index in [4.69, 9.17) is 4.74 Å². The number of benzene rings is 2. The van der Waals surface area contributed by atoms with Crippen LogP contribution in [0.4, 0.5) is 14.5 Å². The van der Waals surface area contributed by atoms with E-state index in [1.807, 2.05) is 0 Å². The Balaban J connectivity index is 1.98. The number of halogens is 2. The van der Waals surface area contributed by atoms with Gasteiger partial charge in [-0.3, -0.25) is 4.79 Å². The molecule has 0 saturated carbocycles. The highest BCUT2D eigenvalue weighted by Crippen LogP contribution is 2.14. The first-order chi connectivity index (χ1) is 12.7. The van der Waals surface area contributed by atoms with Gasteiger partial charge >= 0.3 is 5.97 Å². The van der Waals surface area contributed by atoms with E-state index in [1.54, 1.807) is 6.92 Å². The zero-order valence-electron chi connectivity index (χ0n) is 14.2. The third kappa shape index (κ3) is 5.56. The monoisotopic (exact) mass is 398 g/mol. The average Bonchev–Trinajstić information content (AvgIpc) is 2.63. The highest BCUT2D eigenvalue weighted by Gasteiger charge is 2.17. The van der Waals surface area contributed by atoms with Crippen LogP contribution < -0.4 is 10.0 Å². The van der Waals surface area contributed by atoms with Crippen molar-refractivity contribution in [3.05, 3.63) is 59.7 Å². The summed E-state index contributed by atoms with van der Waals surface area (Å²) in [5.41, 5.74) is 0.170. The van der Waals surface area contributed by atoms with Crippen molar-refractivity contribution in [1.29, 1.82) is 0 Å². The number of carbonyl (C=O) groups is 2. The molecule has 27 heavy (non-hydrogen) atoms. The highest BCUT2D eigenvalue weighted by atomic mass is 32.2. The van der Waals surface area contributed by atoms with Gasteiger partial charge in [0.2, 0.25) is 15.9 Å². The van der Waals surface area contributed by atoms with Crippen molar-refractivity contribution in [2.75, 3.05) is 18.5 Å². The number of carbonyl (C=O) groups excluding carboxylic acids is 2. The number of amides is 1. The molecule has 0 bridgehead atoms. The molecule has 144 valence electrons. The number of rotatable bonds is 7. The SMILES string of the molecule is CCOC(=O)c1ccc(S(=O)(=O)NCC(=O)Nc2ccc(F)c(F)c2)cc1. The van der Waals surface area contributed by atoms with E-state index < -0.39 is 40.1 Å². The summed E-state index contributed by atoms with van der Waals surface area (Å²) in [5, 5.41) is 2.24. The molecule has 0 atom stereocenters. The number of ether oxygens (including phenoxy) is 1. The first-order valence-electron chi connectivity index (χ1n) is 7.74. The van der Waals surface area contributed by atoms with Gasteiger partial charge in [-0.2, -0.15) is 0 Å². The summed E-state index contributed by atoms with van der Waals surface area (Å²) in [6.07, 6.45) is 0. The molecule has 0 heterocycles. The smallest absolute Gasteiger partial charge is 0.338 e. The van der Waals surface area contributed by atoms with E-state index in [0.717, 1.165) is 18.2 Å². The molecule has 0 radical (unpaired) electrons. The molecule has 0 aliphatic rings. The number of hydrogen-bond acceptors (Lipinski definition) is 5. The molecule has 2 aromatic rings. The Labute approximate surface area is 154 Å². The molecule has 0 aliphatic heterocycles. The fourth-order valence-electron chi connectivity index (χ4n) is 2.01. The maximum atomic E-state index is 13.1. The van der Waals surface area contributed by atoms with E-state index in [9.17, 15) is 26.8 Å². The quantitative estimate of drug-likeness (QED) is 0.695. The van der Waals surface area contributed by atoms with Crippen LogP contribution in [0.15, 0.2) is 47.4 Å². The van der Waals surface area contributed by atoms with Crippen molar-refractivity contribution in [3.63, 3.8) is 0 Å². The second kappa shape index (κ2) is 8.69. The van der Waals surface area contributed by atoms with Crippen LogP contribution in [0.5, 0.6) is 0 Å². The van der Waals surface area contributed by atoms with Crippen LogP contribution in [-0.4, -0.2) is 33.4 Å². The Hall–Kier alpha value is -2.85. The number of anilines is 1. The van der Waals surface area contributed by atoms with Crippen LogP contribution in [0.3, 0.4) is 0 Å². The van der Waals surface area contributed by atoms with Gasteiger partial charge in [0.15, 0.2) is 11.6 Å². The molecule has 0 aliphatic carbocycles. The molecule has 10 heteroatoms. The summed E-state index contributed by atoms with van der Waals surface area (Å²) >= 11 is 0. The lowest BCUT2D eigenvalue weighted by Crippen LogP contribution is -2.33. The largest absolute Gasteiger partial charge is 0.462 e. The lowest BCUT2D eigenvalue weighted by Gasteiger charge is -2.09. The van der Waals surface area contributed by atoms with E-state index >= 15 is 0 Å². The molecular formula is C17H16F2N2O5S. The molecule has 0 unspecified atom stereocenters. The fourth-order valence-corrected chi connectivity index (χ4v) is 2.99. The molecule has 0 spiro atoms. The minimum absolute atomic E-state index is 0.0168. The maximum absolute atomic E-state index is 13.1. The van der Waals surface area contributed by atoms with E-state index in [2.05, 4.69) is 10.0 Å². The van der Waals surface area contributed by atoms with Crippen molar-refractivity contribution in [2.24, 2.45) is 0 Å². The maximum Gasteiger partial charge on any atom is 0.338 e. The normalized spacial score (nSPS) is 11.1. The fraction of sp³-hybridized carbons (Fsp3) is 0.176. The standard InChI is InChI=1S/C17H16F2N2O5S/c1-2-26-17(23)11-3-6-13(7-4-11)27(24,25)20-10-16(22)21-12-5-8-14(18)15(19)9-12/h3-9,20H,2,10H2,1H3,(H,21,22). The Morgan fingerprint density at radius 3 is 2.30 bits per heavy atom. The van der Waals surface area contributed by atoms with Gasteiger partial charge in [0.1, 0.15) is 0 Å². The Morgan fingerprint density at radius 1 is 1.04 bits per heavy atom. The molecule has 2 rings (SSSR count). The minimum Gasteiger partial charge on any atom is -0.462 e. The van der Waals surface area contributed by atoms with Crippen LogP contribution >= 0.6 is 0 Å². The molecule has 0 saturated heterocycles. The van der Waals surface area contributed by atoms with Gasteiger partial charge in [-0.25, -0.2) is 26.7 Å². The third-order valence-electron chi connectivity index (χ3n) is 3.30. The average molecular weight is 398 g/mol. The van der Waals surface area contributed by atoms with Crippen LogP contribution in [0.1, 0.15) is 17.3 Å². The zero-order valence-corrected chi connectivity index (χ0v) is 15.0. The van der Waals surface area contributed by atoms with E-state index in [1.165, 1.54) is 24.3 Å². The van der Waals surface area contributed by atoms with Crippen LogP contribution in [0.2, 0.25) is 0 Å². The van der Waals surface area contributed by atoms with Crippen molar-refractivity contribution in [1.82, 2.24) is 4.72 Å². The molecular weight excluding hydrogens is 382 g/mol. The molecule has 2 aromatic carbocycles. The Bertz CT molecular complexity index is 946. The van der Waals surface area contributed by atoms with Gasteiger partial charge in [0, 0.05) is 11.8 Å². The number of esters is 1. The topological polar surface area (TPSA) is 102 Å². The van der Waals surface area contributed by atoms with E-state index in [0.29, 0.717) is 0 Å². The summed E-state index contributed by atoms with van der Waals surface area (Å²) < 4.78 is 57.2. The Morgan fingerprint density at radius 2 is 1.70 bits per heavy atom. The summed E-state index contributed by atoms with van der Waals surface area (Å²) in [5.74, 6) is -3.57. The summed E-state index contributed by atoms with van der Waals surface area (Å²) in [4.78, 5) is 23.2. The van der Waals surface area contributed by atoms with Gasteiger partial charge in [-0.05, 0) is 43.3 Å². The van der Waals surface area contributed by atoms with Gasteiger partial charge in [0.25, 0.3) is 0 Å². The van der Waals surface area contributed by atoms with Crippen molar-refractivity contribution in [2.45, 2.75) is 11.8 Å². The number of nitrogens with one attached hydrogen (secondary N) is 2. The van der Waals surface area contributed by atoms with Gasteiger partial charge < -0.3 is 10.1 Å². The van der Waals surface area contributed by atoms with Gasteiger partial charge in [-0.1, -0.05) is 0 Å². The predicted octanol–water partition coefficient (Wildman–Crippen LogP) is 2.06. The second-order valence-corrected chi connectivity index (χ2v) is 7.01. The van der Waals surface area contributed by atoms with Crippen molar-refractivity contribution >= 4 is 27.6 Å². The third-order valence-corrected chi connectivity index (χ3v) is 4.72. The predicted molar refractivity (Wildman–Crippen MR) is 92.6 cm³/mol. The molecule has 0 fully saturated rings. The van der Waals surface area contributed by atoms with Crippen molar-refractivity contribution in [3.8, 4) is 0 Å². The Kier molecular flexibility index (Phi) is 6.59. The van der Waals surface area contributed by atoms with Crippen LogP contribution in [0.25, 0.3) is 0 Å². The highest BCUT2D eigenvalue weighted by molar-refractivity contribution is 7.89. The number of hydrogen-bond donors (Lipinski definition) is 2. The summed E-state index contributed by atoms with van der Waals surface area (Å²) in [6, 6.07) is 7.71. The first kappa shape index (κ1) is 20.5. The molecule has 1 amide bonds. The molecule has 7 nitrogen and oxygen atoms in total. The van der Waals surface area contributed by atoms with Crippen LogP contribution in [0, 0.1) is 11.6 Å². The molecule has 2 N–H and O–H groups in total. The first-order valence-corrected chi connectivity index (χ1v) is 9.23.